The van der Waals surface area contributed by atoms with Crippen LogP contribution in [0.25, 0.3) is 0 Å². The fraction of sp³-hybridized carbons (Fsp3) is 0.571. The van der Waals surface area contributed by atoms with E-state index in [1.807, 2.05) is 24.7 Å². The van der Waals surface area contributed by atoms with E-state index in [1.54, 1.807) is 6.20 Å². The summed E-state index contributed by atoms with van der Waals surface area (Å²) < 4.78 is 7.72. The van der Waals surface area contributed by atoms with Crippen molar-refractivity contribution in [2.24, 2.45) is 0 Å². The number of carbonyl (C=O) groups is 1. The van der Waals surface area contributed by atoms with Crippen molar-refractivity contribution in [2.75, 3.05) is 11.9 Å². The fourth-order valence-corrected chi connectivity index (χ4v) is 3.19. The predicted octanol–water partition coefficient (Wildman–Crippen LogP) is 2.10. The highest BCUT2D eigenvalue weighted by Gasteiger charge is 2.30. The third kappa shape index (κ3) is 3.85. The van der Waals surface area contributed by atoms with Gasteiger partial charge in [-0.2, -0.15) is 5.10 Å². The van der Waals surface area contributed by atoms with Crippen LogP contribution in [0.1, 0.15) is 36.4 Å². The van der Waals surface area contributed by atoms with Crippen LogP contribution in [0.2, 0.25) is 0 Å². The second-order valence-electron chi connectivity index (χ2n) is 5.39. The summed E-state index contributed by atoms with van der Waals surface area (Å²) in [5, 5.41) is 19.1. The summed E-state index contributed by atoms with van der Waals surface area (Å²) in [5.41, 5.74) is 0.989. The van der Waals surface area contributed by atoms with Crippen molar-refractivity contribution in [1.82, 2.24) is 25.3 Å². The van der Waals surface area contributed by atoms with Gasteiger partial charge in [0, 0.05) is 24.9 Å². The predicted molar refractivity (Wildman–Crippen MR) is 86.4 cm³/mol. The van der Waals surface area contributed by atoms with Crippen LogP contribution in [0.3, 0.4) is 0 Å². The summed E-state index contributed by atoms with van der Waals surface area (Å²) in [4.78, 5) is 12.2. The van der Waals surface area contributed by atoms with Gasteiger partial charge in [0.25, 0.3) is 0 Å². The lowest BCUT2D eigenvalue weighted by Gasteiger charge is -2.31. The molecule has 2 atom stereocenters. The zero-order valence-corrected chi connectivity index (χ0v) is 14.0. The van der Waals surface area contributed by atoms with Gasteiger partial charge in [0.2, 0.25) is 5.13 Å². The van der Waals surface area contributed by atoms with E-state index in [9.17, 15) is 4.79 Å². The largest absolute Gasteiger partial charge is 0.371 e. The van der Waals surface area contributed by atoms with Crippen molar-refractivity contribution in [2.45, 2.75) is 45.4 Å². The van der Waals surface area contributed by atoms with Gasteiger partial charge in [0.05, 0.1) is 12.2 Å². The number of nitrogens with one attached hydrogen (secondary N) is 2. The van der Waals surface area contributed by atoms with Crippen LogP contribution < -0.4 is 10.6 Å². The molecule has 23 heavy (non-hydrogen) atoms. The highest BCUT2D eigenvalue weighted by molar-refractivity contribution is 7.15. The Kier molecular flexibility index (Phi) is 4.87. The normalized spacial score (nSPS) is 21.1. The number of amides is 2. The van der Waals surface area contributed by atoms with Crippen LogP contribution in [0.4, 0.5) is 9.93 Å². The number of anilines is 1. The molecule has 1 saturated heterocycles. The first kappa shape index (κ1) is 15.9. The Morgan fingerprint density at radius 1 is 1.52 bits per heavy atom. The molecule has 124 valence electrons. The smallest absolute Gasteiger partial charge is 0.321 e. The van der Waals surface area contributed by atoms with E-state index in [0.29, 0.717) is 11.7 Å². The molecule has 3 rings (SSSR count). The summed E-state index contributed by atoms with van der Waals surface area (Å²) in [5.74, 6) is 0. The molecule has 2 N–H and O–H groups in total. The Hall–Kier alpha value is -2.00. The molecule has 9 heteroatoms. The first-order valence-electron chi connectivity index (χ1n) is 7.67. The van der Waals surface area contributed by atoms with Gasteiger partial charge in [0.1, 0.15) is 11.1 Å². The molecular formula is C14H20N6O2S. The van der Waals surface area contributed by atoms with Gasteiger partial charge < -0.3 is 10.1 Å². The van der Waals surface area contributed by atoms with Gasteiger partial charge in [-0.1, -0.05) is 11.3 Å². The average Bonchev–Trinajstić information content (AvgIpc) is 3.17. The molecule has 2 aromatic rings. The van der Waals surface area contributed by atoms with Gasteiger partial charge in [-0.15, -0.1) is 10.2 Å². The third-order valence-electron chi connectivity index (χ3n) is 3.69. The van der Waals surface area contributed by atoms with Crippen molar-refractivity contribution in [3.8, 4) is 0 Å². The molecule has 0 aliphatic carbocycles. The maximum absolute atomic E-state index is 12.2. The number of nitrogens with zero attached hydrogens (tertiary/aromatic N) is 4. The van der Waals surface area contributed by atoms with Gasteiger partial charge in [-0.05, 0) is 26.7 Å². The first-order chi connectivity index (χ1) is 11.2. The minimum absolute atomic E-state index is 0.0905. The average molecular weight is 336 g/mol. The molecule has 0 unspecified atom stereocenters. The van der Waals surface area contributed by atoms with Crippen molar-refractivity contribution in [3.05, 3.63) is 23.0 Å². The molecule has 2 amide bonds. The molecule has 0 bridgehead atoms. The molecular weight excluding hydrogens is 316 g/mol. The number of urea groups is 1. The molecule has 1 fully saturated rings. The van der Waals surface area contributed by atoms with E-state index in [4.69, 9.17) is 4.74 Å². The van der Waals surface area contributed by atoms with Crippen molar-refractivity contribution < 1.29 is 9.53 Å². The number of aryl methyl sites for hydroxylation is 2. The van der Waals surface area contributed by atoms with Crippen molar-refractivity contribution in [3.63, 3.8) is 0 Å². The van der Waals surface area contributed by atoms with E-state index in [2.05, 4.69) is 25.9 Å². The first-order valence-corrected chi connectivity index (χ1v) is 8.49. The van der Waals surface area contributed by atoms with Crippen LogP contribution in [0.5, 0.6) is 0 Å². The van der Waals surface area contributed by atoms with Gasteiger partial charge in [0.15, 0.2) is 0 Å². The SMILES string of the molecule is CCn1cc([C@H]2OCCC[C@@H]2NC(=O)Nc2nnc(C)s2)cn1. The van der Waals surface area contributed by atoms with E-state index in [1.165, 1.54) is 11.3 Å². The summed E-state index contributed by atoms with van der Waals surface area (Å²) >= 11 is 1.34. The van der Waals surface area contributed by atoms with E-state index in [-0.39, 0.29) is 18.2 Å². The van der Waals surface area contributed by atoms with E-state index >= 15 is 0 Å². The quantitative estimate of drug-likeness (QED) is 0.892. The Bertz CT molecular complexity index is 670. The standard InChI is InChI=1S/C14H20N6O2S/c1-3-20-8-10(7-15-20)12-11(5-4-6-22-12)16-13(21)17-14-19-18-9(2)23-14/h7-8,11-12H,3-6H2,1-2H3,(H2,16,17,19,21)/t11-,12+/m0/s1. The Morgan fingerprint density at radius 2 is 2.39 bits per heavy atom. The third-order valence-corrected chi connectivity index (χ3v) is 4.45. The Morgan fingerprint density at radius 3 is 3.09 bits per heavy atom. The lowest BCUT2D eigenvalue weighted by Crippen LogP contribution is -2.44. The van der Waals surface area contributed by atoms with Crippen molar-refractivity contribution in [1.29, 1.82) is 0 Å². The molecule has 0 saturated carbocycles. The highest BCUT2D eigenvalue weighted by atomic mass is 32.1. The minimum atomic E-state index is -0.287. The summed E-state index contributed by atoms with van der Waals surface area (Å²) in [6, 6.07) is -0.378. The number of ether oxygens (including phenoxy) is 1. The lowest BCUT2D eigenvalue weighted by atomic mass is 9.98. The Labute approximate surface area is 138 Å². The topological polar surface area (TPSA) is 94.0 Å². The number of carbonyl (C=O) groups excluding carboxylic acids is 1. The van der Waals surface area contributed by atoms with E-state index < -0.39 is 0 Å². The second-order valence-corrected chi connectivity index (χ2v) is 6.58. The van der Waals surface area contributed by atoms with Crippen molar-refractivity contribution >= 4 is 22.5 Å². The maximum Gasteiger partial charge on any atom is 0.321 e. The molecule has 3 heterocycles. The zero-order chi connectivity index (χ0) is 16.2. The molecule has 1 aliphatic rings. The number of hydrogen-bond donors (Lipinski definition) is 2. The zero-order valence-electron chi connectivity index (χ0n) is 13.2. The van der Waals surface area contributed by atoms with Gasteiger partial charge in [-0.25, -0.2) is 4.79 Å². The molecule has 1 aliphatic heterocycles. The summed E-state index contributed by atoms with van der Waals surface area (Å²) in [7, 11) is 0. The van der Waals surface area contributed by atoms with Crippen LogP contribution in [-0.4, -0.2) is 38.7 Å². The molecule has 0 radical (unpaired) electrons. The Balaban J connectivity index is 1.65. The lowest BCUT2D eigenvalue weighted by molar-refractivity contribution is -0.00701. The highest BCUT2D eigenvalue weighted by Crippen LogP contribution is 2.28. The molecule has 0 aromatic carbocycles. The number of hydrogen-bond acceptors (Lipinski definition) is 6. The number of aromatic nitrogens is 4. The van der Waals surface area contributed by atoms with E-state index in [0.717, 1.165) is 30.0 Å². The molecule has 8 nitrogen and oxygen atoms in total. The van der Waals surface area contributed by atoms with Gasteiger partial charge >= 0.3 is 6.03 Å². The van der Waals surface area contributed by atoms with Crippen LogP contribution in [-0.2, 0) is 11.3 Å². The molecule has 0 spiro atoms. The fourth-order valence-electron chi connectivity index (χ4n) is 2.61. The second kappa shape index (κ2) is 7.05. The monoisotopic (exact) mass is 336 g/mol. The maximum atomic E-state index is 12.2. The van der Waals surface area contributed by atoms with Gasteiger partial charge in [-0.3, -0.25) is 10.00 Å². The molecule has 2 aromatic heterocycles. The summed E-state index contributed by atoms with van der Waals surface area (Å²) in [6.45, 7) is 5.38. The van der Waals surface area contributed by atoms with Crippen LogP contribution >= 0.6 is 11.3 Å². The summed E-state index contributed by atoms with van der Waals surface area (Å²) in [6.07, 6.45) is 5.38. The number of rotatable bonds is 4. The van der Waals surface area contributed by atoms with Crippen LogP contribution in [0.15, 0.2) is 12.4 Å². The van der Waals surface area contributed by atoms with Crippen LogP contribution in [0, 0.1) is 6.92 Å². The minimum Gasteiger partial charge on any atom is -0.371 e.